The van der Waals surface area contributed by atoms with Crippen molar-refractivity contribution in [1.82, 2.24) is 19.6 Å². The lowest BCUT2D eigenvalue weighted by atomic mass is 10.0. The standard InChI is InChI=1S/C18H23N5O3/c1-20-13-14(12-19-20)23-6-2-4-15(17(23)24)21-7-9-22(10-8-21)18(25)16-5-3-11-26-16/h3,5,11-13,15H,2,4,6-10H2,1H3. The minimum atomic E-state index is -0.121. The van der Waals surface area contributed by atoms with E-state index in [-0.39, 0.29) is 17.9 Å². The summed E-state index contributed by atoms with van der Waals surface area (Å²) in [5.74, 6) is 0.423. The summed E-state index contributed by atoms with van der Waals surface area (Å²) in [6.07, 6.45) is 6.95. The van der Waals surface area contributed by atoms with Crippen LogP contribution in [0.25, 0.3) is 0 Å². The Balaban J connectivity index is 1.39. The van der Waals surface area contributed by atoms with Gasteiger partial charge in [0.15, 0.2) is 5.76 Å². The van der Waals surface area contributed by atoms with Gasteiger partial charge in [-0.05, 0) is 25.0 Å². The van der Waals surface area contributed by atoms with E-state index in [9.17, 15) is 9.59 Å². The number of anilines is 1. The highest BCUT2D eigenvalue weighted by Crippen LogP contribution is 2.24. The number of amides is 2. The van der Waals surface area contributed by atoms with Crippen LogP contribution in [0.4, 0.5) is 5.69 Å². The van der Waals surface area contributed by atoms with Crippen molar-refractivity contribution in [1.29, 1.82) is 0 Å². The van der Waals surface area contributed by atoms with Crippen molar-refractivity contribution in [2.24, 2.45) is 7.05 Å². The molecule has 8 nitrogen and oxygen atoms in total. The molecule has 0 saturated carbocycles. The number of hydrogen-bond acceptors (Lipinski definition) is 5. The van der Waals surface area contributed by atoms with Gasteiger partial charge in [-0.1, -0.05) is 0 Å². The molecule has 2 aromatic heterocycles. The van der Waals surface area contributed by atoms with Crippen molar-refractivity contribution < 1.29 is 14.0 Å². The molecule has 2 aliphatic rings. The molecule has 0 aromatic carbocycles. The Hall–Kier alpha value is -2.61. The summed E-state index contributed by atoms with van der Waals surface area (Å²) >= 11 is 0. The predicted molar refractivity (Wildman–Crippen MR) is 94.8 cm³/mol. The highest BCUT2D eigenvalue weighted by molar-refractivity contribution is 5.97. The van der Waals surface area contributed by atoms with Gasteiger partial charge in [-0.3, -0.25) is 19.2 Å². The number of piperidine rings is 1. The van der Waals surface area contributed by atoms with E-state index in [2.05, 4.69) is 10.00 Å². The monoisotopic (exact) mass is 357 g/mol. The maximum atomic E-state index is 13.0. The van der Waals surface area contributed by atoms with Crippen molar-refractivity contribution in [3.05, 3.63) is 36.5 Å². The molecule has 0 N–H and O–H groups in total. The first-order valence-electron chi connectivity index (χ1n) is 9.00. The zero-order chi connectivity index (χ0) is 18.1. The maximum Gasteiger partial charge on any atom is 0.289 e. The summed E-state index contributed by atoms with van der Waals surface area (Å²) in [4.78, 5) is 31.2. The first-order chi connectivity index (χ1) is 12.6. The molecule has 138 valence electrons. The Labute approximate surface area is 151 Å². The van der Waals surface area contributed by atoms with E-state index >= 15 is 0 Å². The van der Waals surface area contributed by atoms with Crippen LogP contribution in [-0.4, -0.2) is 70.2 Å². The van der Waals surface area contributed by atoms with Crippen molar-refractivity contribution >= 4 is 17.5 Å². The van der Waals surface area contributed by atoms with Crippen molar-refractivity contribution in [3.63, 3.8) is 0 Å². The van der Waals surface area contributed by atoms with E-state index in [0.29, 0.717) is 31.9 Å². The van der Waals surface area contributed by atoms with Gasteiger partial charge in [0.2, 0.25) is 5.91 Å². The van der Waals surface area contributed by atoms with Crippen LogP contribution in [0.2, 0.25) is 0 Å². The van der Waals surface area contributed by atoms with Gasteiger partial charge in [0, 0.05) is 46.0 Å². The second-order valence-electron chi connectivity index (χ2n) is 6.83. The summed E-state index contributed by atoms with van der Waals surface area (Å²) in [5, 5.41) is 4.17. The molecule has 0 aliphatic carbocycles. The van der Waals surface area contributed by atoms with Gasteiger partial charge >= 0.3 is 0 Å². The molecule has 0 bridgehead atoms. The summed E-state index contributed by atoms with van der Waals surface area (Å²) in [7, 11) is 1.85. The van der Waals surface area contributed by atoms with Gasteiger partial charge in [-0.15, -0.1) is 0 Å². The van der Waals surface area contributed by atoms with Crippen molar-refractivity contribution in [2.75, 3.05) is 37.6 Å². The lowest BCUT2D eigenvalue weighted by Crippen LogP contribution is -2.58. The number of piperazine rings is 1. The van der Waals surface area contributed by atoms with Gasteiger partial charge < -0.3 is 14.2 Å². The number of aryl methyl sites for hydroxylation is 1. The highest BCUT2D eigenvalue weighted by atomic mass is 16.3. The second-order valence-corrected chi connectivity index (χ2v) is 6.83. The molecule has 26 heavy (non-hydrogen) atoms. The van der Waals surface area contributed by atoms with Gasteiger partial charge in [-0.25, -0.2) is 0 Å². The summed E-state index contributed by atoms with van der Waals surface area (Å²) in [6.45, 7) is 3.35. The van der Waals surface area contributed by atoms with Gasteiger partial charge in [0.1, 0.15) is 0 Å². The number of hydrogen-bond donors (Lipinski definition) is 0. The molecule has 0 spiro atoms. The Kier molecular flexibility index (Phi) is 4.50. The number of carbonyl (C=O) groups excluding carboxylic acids is 2. The number of aromatic nitrogens is 2. The SMILES string of the molecule is Cn1cc(N2CCCC(N3CCN(C(=O)c4ccco4)CC3)C2=O)cn1. The molecular weight excluding hydrogens is 334 g/mol. The van der Waals surface area contributed by atoms with Crippen LogP contribution in [0.15, 0.2) is 35.2 Å². The van der Waals surface area contributed by atoms with Crippen LogP contribution >= 0.6 is 0 Å². The van der Waals surface area contributed by atoms with Gasteiger partial charge in [0.25, 0.3) is 5.91 Å². The van der Waals surface area contributed by atoms with Gasteiger partial charge in [0.05, 0.1) is 24.2 Å². The molecule has 1 atom stereocenters. The third-order valence-electron chi connectivity index (χ3n) is 5.19. The molecule has 2 aromatic rings. The molecule has 1 unspecified atom stereocenters. The Morgan fingerprint density at radius 1 is 1.23 bits per heavy atom. The van der Waals surface area contributed by atoms with Crippen LogP contribution in [0, 0.1) is 0 Å². The molecule has 4 heterocycles. The van der Waals surface area contributed by atoms with E-state index in [1.54, 1.807) is 27.9 Å². The minimum absolute atomic E-state index is 0.0818. The summed E-state index contributed by atoms with van der Waals surface area (Å²) in [5.41, 5.74) is 0.855. The largest absolute Gasteiger partial charge is 0.459 e. The van der Waals surface area contributed by atoms with E-state index in [1.165, 1.54) is 6.26 Å². The molecule has 2 saturated heterocycles. The number of rotatable bonds is 3. The zero-order valence-corrected chi connectivity index (χ0v) is 14.9. The smallest absolute Gasteiger partial charge is 0.289 e. The number of nitrogens with zero attached hydrogens (tertiary/aromatic N) is 5. The maximum absolute atomic E-state index is 13.0. The van der Waals surface area contributed by atoms with E-state index in [0.717, 1.165) is 25.1 Å². The highest BCUT2D eigenvalue weighted by Gasteiger charge is 2.36. The quantitative estimate of drug-likeness (QED) is 0.818. The fourth-order valence-corrected chi connectivity index (χ4v) is 3.79. The summed E-state index contributed by atoms with van der Waals surface area (Å²) < 4.78 is 6.91. The lowest BCUT2D eigenvalue weighted by Gasteiger charge is -2.42. The van der Waals surface area contributed by atoms with E-state index in [4.69, 9.17) is 4.42 Å². The number of carbonyl (C=O) groups is 2. The first-order valence-corrected chi connectivity index (χ1v) is 9.00. The Bertz CT molecular complexity index is 777. The fourth-order valence-electron chi connectivity index (χ4n) is 3.79. The molecule has 4 rings (SSSR count). The lowest BCUT2D eigenvalue weighted by molar-refractivity contribution is -0.126. The molecule has 8 heteroatoms. The van der Waals surface area contributed by atoms with Crippen molar-refractivity contribution in [2.45, 2.75) is 18.9 Å². The molecule has 2 fully saturated rings. The van der Waals surface area contributed by atoms with Crippen LogP contribution in [0.1, 0.15) is 23.4 Å². The Morgan fingerprint density at radius 2 is 2.04 bits per heavy atom. The molecular formula is C18H23N5O3. The minimum Gasteiger partial charge on any atom is -0.459 e. The van der Waals surface area contributed by atoms with Crippen LogP contribution in [0.3, 0.4) is 0 Å². The van der Waals surface area contributed by atoms with Crippen LogP contribution in [-0.2, 0) is 11.8 Å². The zero-order valence-electron chi connectivity index (χ0n) is 14.9. The van der Waals surface area contributed by atoms with Crippen LogP contribution in [0.5, 0.6) is 0 Å². The number of furan rings is 1. The fraction of sp³-hybridized carbons (Fsp3) is 0.500. The third-order valence-corrected chi connectivity index (χ3v) is 5.19. The second kappa shape index (κ2) is 6.95. The van der Waals surface area contributed by atoms with Crippen LogP contribution < -0.4 is 4.90 Å². The normalized spacial score (nSPS) is 22.0. The molecule has 2 aliphatic heterocycles. The Morgan fingerprint density at radius 3 is 2.69 bits per heavy atom. The predicted octanol–water partition coefficient (Wildman–Crippen LogP) is 0.966. The molecule has 0 radical (unpaired) electrons. The topological polar surface area (TPSA) is 74.8 Å². The third kappa shape index (κ3) is 3.12. The van der Waals surface area contributed by atoms with E-state index < -0.39 is 0 Å². The average molecular weight is 357 g/mol. The first kappa shape index (κ1) is 16.8. The van der Waals surface area contributed by atoms with E-state index in [1.807, 2.05) is 18.1 Å². The molecule has 2 amide bonds. The van der Waals surface area contributed by atoms with Gasteiger partial charge in [-0.2, -0.15) is 5.10 Å². The summed E-state index contributed by atoms with van der Waals surface area (Å²) in [6, 6.07) is 3.28. The van der Waals surface area contributed by atoms with Crippen molar-refractivity contribution in [3.8, 4) is 0 Å². The average Bonchev–Trinajstić information content (AvgIpc) is 3.33.